The summed E-state index contributed by atoms with van der Waals surface area (Å²) >= 11 is 6.63. The standard InChI is InChI=1S/C18H13ClF2N2O3S2/c1-23(13-5-2-11(20)3-6-13)28(25,26)16-8-9-27-17(16)18(24)22-12-4-7-15(21)14(19)10-12/h2-10H,1H3,(H,22,24). The van der Waals surface area contributed by atoms with Crippen LogP contribution in [-0.4, -0.2) is 21.4 Å². The van der Waals surface area contributed by atoms with Crippen LogP contribution < -0.4 is 9.62 Å². The van der Waals surface area contributed by atoms with Crippen LogP contribution in [0.3, 0.4) is 0 Å². The van der Waals surface area contributed by atoms with E-state index >= 15 is 0 Å². The van der Waals surface area contributed by atoms with Gasteiger partial charge in [0.25, 0.3) is 15.9 Å². The number of sulfonamides is 1. The van der Waals surface area contributed by atoms with Crippen LogP contribution in [0.15, 0.2) is 58.8 Å². The van der Waals surface area contributed by atoms with Crippen molar-refractivity contribution in [3.05, 3.63) is 75.4 Å². The molecule has 1 N–H and O–H groups in total. The minimum Gasteiger partial charge on any atom is -0.321 e. The maximum absolute atomic E-state index is 13.3. The molecule has 0 aliphatic carbocycles. The normalized spacial score (nSPS) is 11.3. The highest BCUT2D eigenvalue weighted by Crippen LogP contribution is 2.29. The van der Waals surface area contributed by atoms with Crippen molar-refractivity contribution >= 4 is 50.2 Å². The van der Waals surface area contributed by atoms with Gasteiger partial charge in [0.1, 0.15) is 21.4 Å². The average Bonchev–Trinajstić information content (AvgIpc) is 3.16. The van der Waals surface area contributed by atoms with Gasteiger partial charge in [0.15, 0.2) is 0 Å². The summed E-state index contributed by atoms with van der Waals surface area (Å²) < 4.78 is 53.2. The van der Waals surface area contributed by atoms with Gasteiger partial charge in [-0.05, 0) is 53.9 Å². The van der Waals surface area contributed by atoms with Crippen molar-refractivity contribution < 1.29 is 22.0 Å². The van der Waals surface area contributed by atoms with E-state index in [1.165, 1.54) is 42.8 Å². The molecule has 0 unspecified atom stereocenters. The molecule has 10 heteroatoms. The summed E-state index contributed by atoms with van der Waals surface area (Å²) in [6, 6.07) is 9.85. The average molecular weight is 443 g/mol. The lowest BCUT2D eigenvalue weighted by molar-refractivity contribution is 0.102. The van der Waals surface area contributed by atoms with E-state index < -0.39 is 27.6 Å². The van der Waals surface area contributed by atoms with Crippen LogP contribution in [0.25, 0.3) is 0 Å². The van der Waals surface area contributed by atoms with E-state index in [4.69, 9.17) is 11.6 Å². The molecule has 2 aromatic carbocycles. The molecule has 1 heterocycles. The topological polar surface area (TPSA) is 66.5 Å². The van der Waals surface area contributed by atoms with Crippen molar-refractivity contribution in [2.75, 3.05) is 16.7 Å². The highest BCUT2D eigenvalue weighted by Gasteiger charge is 2.28. The van der Waals surface area contributed by atoms with Crippen LogP contribution in [0.4, 0.5) is 20.2 Å². The number of anilines is 2. The van der Waals surface area contributed by atoms with E-state index in [-0.39, 0.29) is 26.2 Å². The highest BCUT2D eigenvalue weighted by molar-refractivity contribution is 7.93. The summed E-state index contributed by atoms with van der Waals surface area (Å²) in [7, 11) is -2.76. The van der Waals surface area contributed by atoms with Gasteiger partial charge in [0.2, 0.25) is 0 Å². The molecule has 28 heavy (non-hydrogen) atoms. The Balaban J connectivity index is 1.90. The molecule has 0 saturated carbocycles. The van der Waals surface area contributed by atoms with Crippen molar-refractivity contribution in [1.82, 2.24) is 0 Å². The summed E-state index contributed by atoms with van der Waals surface area (Å²) in [5.74, 6) is -1.81. The lowest BCUT2D eigenvalue weighted by atomic mass is 10.3. The molecule has 0 saturated heterocycles. The van der Waals surface area contributed by atoms with E-state index in [1.54, 1.807) is 0 Å². The maximum Gasteiger partial charge on any atom is 0.267 e. The minimum atomic E-state index is -4.07. The third-order valence-electron chi connectivity index (χ3n) is 3.84. The number of benzene rings is 2. The monoisotopic (exact) mass is 442 g/mol. The number of nitrogens with one attached hydrogen (secondary N) is 1. The number of thiophene rings is 1. The fourth-order valence-electron chi connectivity index (χ4n) is 2.37. The van der Waals surface area contributed by atoms with Crippen LogP contribution in [0.2, 0.25) is 5.02 Å². The molecule has 0 spiro atoms. The van der Waals surface area contributed by atoms with Crippen LogP contribution >= 0.6 is 22.9 Å². The summed E-state index contributed by atoms with van der Waals surface area (Å²) in [5.41, 5.74) is 0.462. The second-order valence-corrected chi connectivity index (χ2v) is 8.91. The van der Waals surface area contributed by atoms with Gasteiger partial charge in [0.05, 0.1) is 10.7 Å². The third kappa shape index (κ3) is 4.01. The number of carbonyl (C=O) groups excluding carboxylic acids is 1. The molecule has 146 valence electrons. The fraction of sp³-hybridized carbons (Fsp3) is 0.0556. The number of nitrogens with zero attached hydrogens (tertiary/aromatic N) is 1. The Morgan fingerprint density at radius 2 is 1.79 bits per heavy atom. The van der Waals surface area contributed by atoms with Crippen molar-refractivity contribution in [2.24, 2.45) is 0 Å². The number of halogens is 3. The summed E-state index contributed by atoms with van der Waals surface area (Å²) in [5, 5.41) is 3.80. The molecule has 0 radical (unpaired) electrons. The zero-order chi connectivity index (χ0) is 20.5. The summed E-state index contributed by atoms with van der Waals surface area (Å²) in [6.45, 7) is 0. The molecule has 0 bridgehead atoms. The van der Waals surface area contributed by atoms with E-state index in [0.717, 1.165) is 33.8 Å². The number of rotatable bonds is 5. The Morgan fingerprint density at radius 1 is 1.11 bits per heavy atom. The molecule has 3 rings (SSSR count). The predicted octanol–water partition coefficient (Wildman–Crippen LogP) is 4.76. The summed E-state index contributed by atoms with van der Waals surface area (Å²) in [6.07, 6.45) is 0. The van der Waals surface area contributed by atoms with Gasteiger partial charge in [-0.25, -0.2) is 17.2 Å². The van der Waals surface area contributed by atoms with Crippen LogP contribution in [0.5, 0.6) is 0 Å². The van der Waals surface area contributed by atoms with Gasteiger partial charge >= 0.3 is 0 Å². The first-order chi connectivity index (χ1) is 13.2. The largest absolute Gasteiger partial charge is 0.321 e. The smallest absolute Gasteiger partial charge is 0.267 e. The molecule has 0 fully saturated rings. The van der Waals surface area contributed by atoms with Gasteiger partial charge in [-0.2, -0.15) is 0 Å². The maximum atomic E-state index is 13.3. The second-order valence-electron chi connectivity index (χ2n) is 5.65. The van der Waals surface area contributed by atoms with E-state index in [9.17, 15) is 22.0 Å². The number of amides is 1. The molecule has 3 aromatic rings. The van der Waals surface area contributed by atoms with Gasteiger partial charge in [-0.3, -0.25) is 9.10 Å². The van der Waals surface area contributed by atoms with Gasteiger partial charge in [-0.15, -0.1) is 11.3 Å². The molecule has 1 amide bonds. The summed E-state index contributed by atoms with van der Waals surface area (Å²) in [4.78, 5) is 12.3. The Morgan fingerprint density at radius 3 is 2.43 bits per heavy atom. The number of hydrogen-bond donors (Lipinski definition) is 1. The SMILES string of the molecule is CN(c1ccc(F)cc1)S(=O)(=O)c1ccsc1C(=O)Nc1ccc(F)c(Cl)c1. The van der Waals surface area contributed by atoms with Gasteiger partial charge < -0.3 is 5.32 Å². The molecule has 0 aliphatic rings. The van der Waals surface area contributed by atoms with Crippen LogP contribution in [0.1, 0.15) is 9.67 Å². The second kappa shape index (κ2) is 7.86. The van der Waals surface area contributed by atoms with Crippen molar-refractivity contribution in [3.63, 3.8) is 0 Å². The zero-order valence-corrected chi connectivity index (χ0v) is 16.7. The number of carbonyl (C=O) groups is 1. The van der Waals surface area contributed by atoms with Crippen molar-refractivity contribution in [3.8, 4) is 0 Å². The van der Waals surface area contributed by atoms with E-state index in [2.05, 4.69) is 5.32 Å². The predicted molar refractivity (Wildman–Crippen MR) is 106 cm³/mol. The van der Waals surface area contributed by atoms with Crippen molar-refractivity contribution in [2.45, 2.75) is 4.90 Å². The molecule has 0 atom stereocenters. The van der Waals surface area contributed by atoms with Crippen LogP contribution in [-0.2, 0) is 10.0 Å². The Labute approximate surface area is 169 Å². The Kier molecular flexibility index (Phi) is 5.69. The molecule has 1 aromatic heterocycles. The minimum absolute atomic E-state index is 0.0468. The highest BCUT2D eigenvalue weighted by atomic mass is 35.5. The quantitative estimate of drug-likeness (QED) is 0.619. The van der Waals surface area contributed by atoms with E-state index in [1.807, 2.05) is 0 Å². The first-order valence-corrected chi connectivity index (χ1v) is 10.5. The molecular formula is C18H13ClF2N2O3S2. The fourth-order valence-corrected chi connectivity index (χ4v) is 5.04. The Hall–Kier alpha value is -2.49. The first-order valence-electron chi connectivity index (χ1n) is 7.78. The third-order valence-corrected chi connectivity index (χ3v) is 7.00. The first kappa shape index (κ1) is 20.2. The Bertz CT molecular complexity index is 1130. The van der Waals surface area contributed by atoms with Gasteiger partial charge in [0, 0.05) is 12.7 Å². The van der Waals surface area contributed by atoms with Gasteiger partial charge in [-0.1, -0.05) is 11.6 Å². The van der Waals surface area contributed by atoms with Crippen molar-refractivity contribution in [1.29, 1.82) is 0 Å². The lowest BCUT2D eigenvalue weighted by Crippen LogP contribution is -2.28. The van der Waals surface area contributed by atoms with Crippen LogP contribution in [0, 0.1) is 11.6 Å². The zero-order valence-electron chi connectivity index (χ0n) is 14.3. The molecular weight excluding hydrogens is 430 g/mol. The lowest BCUT2D eigenvalue weighted by Gasteiger charge is -2.19. The number of hydrogen-bond acceptors (Lipinski definition) is 4. The van der Waals surface area contributed by atoms with E-state index in [0.29, 0.717) is 0 Å². The molecule has 5 nitrogen and oxygen atoms in total. The molecule has 0 aliphatic heterocycles.